The molecule has 142 valence electrons. The second-order valence-corrected chi connectivity index (χ2v) is 7.64. The smallest absolute Gasteiger partial charge is 0.230 e. The number of carbonyl (C=O) groups excluding carboxylic acids is 1. The molecule has 1 aromatic heterocycles. The van der Waals surface area contributed by atoms with Crippen molar-refractivity contribution in [2.75, 3.05) is 12.9 Å². The van der Waals surface area contributed by atoms with Gasteiger partial charge in [-0.15, -0.1) is 10.2 Å². The SMILES string of the molecule is CCn1c(COc2cccc(OC)c2)nnc1SCC(=O)NC(C)(C)C. The van der Waals surface area contributed by atoms with Crippen molar-refractivity contribution in [3.05, 3.63) is 30.1 Å². The van der Waals surface area contributed by atoms with Gasteiger partial charge in [0, 0.05) is 18.2 Å². The van der Waals surface area contributed by atoms with Crippen LogP contribution in [0, 0.1) is 0 Å². The first-order valence-electron chi connectivity index (χ1n) is 8.45. The number of benzene rings is 1. The zero-order valence-electron chi connectivity index (χ0n) is 15.9. The van der Waals surface area contributed by atoms with E-state index in [1.807, 2.05) is 56.5 Å². The molecule has 0 aliphatic carbocycles. The average molecular weight is 378 g/mol. The van der Waals surface area contributed by atoms with Crippen LogP contribution in [0.3, 0.4) is 0 Å². The Bertz CT molecular complexity index is 740. The van der Waals surface area contributed by atoms with E-state index in [0.29, 0.717) is 35.6 Å². The highest BCUT2D eigenvalue weighted by molar-refractivity contribution is 7.99. The Morgan fingerprint density at radius 2 is 2.00 bits per heavy atom. The molecule has 0 bridgehead atoms. The van der Waals surface area contributed by atoms with Gasteiger partial charge in [0.2, 0.25) is 5.91 Å². The summed E-state index contributed by atoms with van der Waals surface area (Å²) in [5, 5.41) is 12.0. The summed E-state index contributed by atoms with van der Waals surface area (Å²) in [5.74, 6) is 2.43. The molecule has 0 saturated carbocycles. The number of hydrogen-bond acceptors (Lipinski definition) is 6. The van der Waals surface area contributed by atoms with Crippen LogP contribution in [0.5, 0.6) is 11.5 Å². The number of rotatable bonds is 8. The molecule has 0 spiro atoms. The second-order valence-electron chi connectivity index (χ2n) is 6.70. The Hall–Kier alpha value is -2.22. The fourth-order valence-electron chi connectivity index (χ4n) is 2.27. The Morgan fingerprint density at radius 1 is 1.27 bits per heavy atom. The summed E-state index contributed by atoms with van der Waals surface area (Å²) in [6, 6.07) is 7.41. The molecule has 0 unspecified atom stereocenters. The number of methoxy groups -OCH3 is 1. The highest BCUT2D eigenvalue weighted by atomic mass is 32.2. The summed E-state index contributed by atoms with van der Waals surface area (Å²) in [5.41, 5.74) is -0.244. The fraction of sp³-hybridized carbons (Fsp3) is 0.500. The first-order chi connectivity index (χ1) is 12.3. The maximum Gasteiger partial charge on any atom is 0.230 e. The fourth-order valence-corrected chi connectivity index (χ4v) is 3.09. The molecule has 0 radical (unpaired) electrons. The summed E-state index contributed by atoms with van der Waals surface area (Å²) in [4.78, 5) is 12.0. The molecule has 0 aliphatic rings. The van der Waals surface area contributed by atoms with Crippen LogP contribution < -0.4 is 14.8 Å². The van der Waals surface area contributed by atoms with E-state index in [9.17, 15) is 4.79 Å². The third kappa shape index (κ3) is 5.94. The molecular formula is C18H26N4O3S. The van der Waals surface area contributed by atoms with Crippen molar-refractivity contribution >= 4 is 17.7 Å². The highest BCUT2D eigenvalue weighted by Gasteiger charge is 2.17. The average Bonchev–Trinajstić information content (AvgIpc) is 2.98. The normalized spacial score (nSPS) is 11.3. The van der Waals surface area contributed by atoms with Gasteiger partial charge >= 0.3 is 0 Å². The van der Waals surface area contributed by atoms with Crippen LogP contribution >= 0.6 is 11.8 Å². The van der Waals surface area contributed by atoms with Crippen molar-refractivity contribution in [2.24, 2.45) is 0 Å². The highest BCUT2D eigenvalue weighted by Crippen LogP contribution is 2.21. The number of aromatic nitrogens is 3. The minimum atomic E-state index is -0.244. The number of hydrogen-bond donors (Lipinski definition) is 1. The van der Waals surface area contributed by atoms with Gasteiger partial charge in [0.05, 0.1) is 12.9 Å². The van der Waals surface area contributed by atoms with Gasteiger partial charge in [0.25, 0.3) is 0 Å². The van der Waals surface area contributed by atoms with E-state index in [2.05, 4.69) is 15.5 Å². The molecule has 2 aromatic rings. The topological polar surface area (TPSA) is 78.3 Å². The molecule has 1 N–H and O–H groups in total. The lowest BCUT2D eigenvalue weighted by Crippen LogP contribution is -2.41. The first-order valence-corrected chi connectivity index (χ1v) is 9.43. The van der Waals surface area contributed by atoms with Gasteiger partial charge in [-0.2, -0.15) is 0 Å². The molecule has 1 amide bonds. The van der Waals surface area contributed by atoms with Crippen LogP contribution in [-0.4, -0.2) is 39.1 Å². The Labute approximate surface area is 158 Å². The number of nitrogens with zero attached hydrogens (tertiary/aromatic N) is 3. The van der Waals surface area contributed by atoms with E-state index in [1.165, 1.54) is 11.8 Å². The molecule has 1 aromatic carbocycles. The van der Waals surface area contributed by atoms with Crippen molar-refractivity contribution in [1.29, 1.82) is 0 Å². The zero-order valence-corrected chi connectivity index (χ0v) is 16.7. The summed E-state index contributed by atoms with van der Waals surface area (Å²) in [6.45, 7) is 8.88. The third-order valence-corrected chi connectivity index (χ3v) is 4.33. The Balaban J connectivity index is 1.97. The molecule has 7 nitrogen and oxygen atoms in total. The first kappa shape index (κ1) is 20.1. The zero-order chi connectivity index (χ0) is 19.2. The van der Waals surface area contributed by atoms with Crippen molar-refractivity contribution in [2.45, 2.75) is 51.5 Å². The standard InChI is InChI=1S/C18H26N4O3S/c1-6-22-15(11-25-14-9-7-8-13(10-14)24-5)20-21-17(22)26-12-16(23)19-18(2,3)4/h7-10H,6,11-12H2,1-5H3,(H,19,23). The summed E-state index contributed by atoms with van der Waals surface area (Å²) in [6.07, 6.45) is 0. The number of ether oxygens (including phenoxy) is 2. The van der Waals surface area contributed by atoms with Crippen LogP contribution in [0.15, 0.2) is 29.4 Å². The van der Waals surface area contributed by atoms with Crippen LogP contribution in [0.2, 0.25) is 0 Å². The lowest BCUT2D eigenvalue weighted by molar-refractivity contribution is -0.119. The second kappa shape index (κ2) is 8.93. The van der Waals surface area contributed by atoms with Gasteiger partial charge in [-0.1, -0.05) is 17.8 Å². The monoisotopic (exact) mass is 378 g/mol. The van der Waals surface area contributed by atoms with Crippen molar-refractivity contribution in [3.8, 4) is 11.5 Å². The molecule has 0 aliphatic heterocycles. The van der Waals surface area contributed by atoms with E-state index in [1.54, 1.807) is 7.11 Å². The molecule has 2 rings (SSSR count). The molecule has 1 heterocycles. The van der Waals surface area contributed by atoms with E-state index < -0.39 is 0 Å². The third-order valence-electron chi connectivity index (χ3n) is 3.37. The van der Waals surface area contributed by atoms with Gasteiger partial charge in [-0.25, -0.2) is 0 Å². The van der Waals surface area contributed by atoms with Gasteiger partial charge in [0.1, 0.15) is 18.1 Å². The van der Waals surface area contributed by atoms with Gasteiger partial charge in [-0.05, 0) is 39.8 Å². The van der Waals surface area contributed by atoms with E-state index in [4.69, 9.17) is 9.47 Å². The quantitative estimate of drug-likeness (QED) is 0.712. The van der Waals surface area contributed by atoms with E-state index >= 15 is 0 Å². The Kier molecular flexibility index (Phi) is 6.90. The predicted octanol–water partition coefficient (Wildman–Crippen LogP) is 2.89. The lowest BCUT2D eigenvalue weighted by Gasteiger charge is -2.20. The van der Waals surface area contributed by atoms with Crippen LogP contribution in [0.4, 0.5) is 0 Å². The van der Waals surface area contributed by atoms with Gasteiger partial charge in [0.15, 0.2) is 11.0 Å². The maximum absolute atomic E-state index is 12.0. The summed E-state index contributed by atoms with van der Waals surface area (Å²) < 4.78 is 12.9. The minimum Gasteiger partial charge on any atom is -0.497 e. The van der Waals surface area contributed by atoms with Gasteiger partial charge < -0.3 is 19.4 Å². The van der Waals surface area contributed by atoms with Gasteiger partial charge in [-0.3, -0.25) is 4.79 Å². The molecule has 8 heteroatoms. The largest absolute Gasteiger partial charge is 0.497 e. The number of carbonyl (C=O) groups is 1. The van der Waals surface area contributed by atoms with Crippen LogP contribution in [-0.2, 0) is 17.9 Å². The number of nitrogens with one attached hydrogen (secondary N) is 1. The molecule has 0 saturated heterocycles. The predicted molar refractivity (Wildman–Crippen MR) is 102 cm³/mol. The van der Waals surface area contributed by atoms with Crippen LogP contribution in [0.1, 0.15) is 33.5 Å². The van der Waals surface area contributed by atoms with Crippen LogP contribution in [0.25, 0.3) is 0 Å². The lowest BCUT2D eigenvalue weighted by atomic mass is 10.1. The minimum absolute atomic E-state index is 0.0256. The summed E-state index contributed by atoms with van der Waals surface area (Å²) >= 11 is 1.37. The Morgan fingerprint density at radius 3 is 2.65 bits per heavy atom. The molecule has 26 heavy (non-hydrogen) atoms. The summed E-state index contributed by atoms with van der Waals surface area (Å²) in [7, 11) is 1.62. The number of amides is 1. The molecule has 0 fully saturated rings. The van der Waals surface area contributed by atoms with Crippen molar-refractivity contribution < 1.29 is 14.3 Å². The van der Waals surface area contributed by atoms with Crippen molar-refractivity contribution in [3.63, 3.8) is 0 Å². The van der Waals surface area contributed by atoms with E-state index in [-0.39, 0.29) is 11.4 Å². The molecule has 0 atom stereocenters. The van der Waals surface area contributed by atoms with E-state index in [0.717, 1.165) is 5.75 Å². The van der Waals surface area contributed by atoms with Crippen molar-refractivity contribution in [1.82, 2.24) is 20.1 Å². The number of thioether (sulfide) groups is 1. The maximum atomic E-state index is 12.0. The molecular weight excluding hydrogens is 352 g/mol.